The van der Waals surface area contributed by atoms with E-state index in [1.54, 1.807) is 0 Å². The molecule has 4 aliphatic rings. The third-order valence-corrected chi connectivity index (χ3v) is 14.3. The predicted octanol–water partition coefficient (Wildman–Crippen LogP) is 15.8. The highest BCUT2D eigenvalue weighted by atomic mass is 15.2. The number of hydrogen-bond acceptors (Lipinski definition) is 2. The van der Waals surface area contributed by atoms with Crippen LogP contribution in [0, 0.1) is 17.8 Å². The number of rotatable bonds is 8. The van der Waals surface area contributed by atoms with E-state index >= 15 is 0 Å². The quantitative estimate of drug-likeness (QED) is 0.151. The van der Waals surface area contributed by atoms with Crippen molar-refractivity contribution < 1.29 is 0 Å². The number of para-hydroxylation sites is 3. The molecule has 2 nitrogen and oxygen atoms in total. The summed E-state index contributed by atoms with van der Waals surface area (Å²) in [6.07, 6.45) is 14.6. The Hall–Kier alpha value is -7.68. The van der Waals surface area contributed by atoms with Crippen molar-refractivity contribution in [3.8, 4) is 33.4 Å². The largest absolute Gasteiger partial charge is 0.333 e. The summed E-state index contributed by atoms with van der Waals surface area (Å²) in [5.41, 5.74) is 18.7. The highest BCUT2D eigenvalue weighted by Crippen LogP contribution is 2.68. The van der Waals surface area contributed by atoms with Crippen molar-refractivity contribution >= 4 is 28.4 Å². The fourth-order valence-electron chi connectivity index (χ4n) is 11.8. The molecule has 0 saturated heterocycles. The molecule has 8 aromatic rings. The first-order valence-corrected chi connectivity index (χ1v) is 22.7. The van der Waals surface area contributed by atoms with Crippen molar-refractivity contribution in [1.82, 2.24) is 0 Å². The summed E-state index contributed by atoms with van der Waals surface area (Å²) >= 11 is 0. The van der Waals surface area contributed by atoms with Crippen LogP contribution in [0.2, 0.25) is 0 Å². The van der Waals surface area contributed by atoms with E-state index in [1.165, 1.54) is 72.7 Å². The monoisotopic (exact) mass is 820 g/mol. The Morgan fingerprint density at radius 3 is 1.77 bits per heavy atom. The normalized spacial score (nSPS) is 21.0. The predicted molar refractivity (Wildman–Crippen MR) is 268 cm³/mol. The van der Waals surface area contributed by atoms with Crippen molar-refractivity contribution in [2.75, 3.05) is 9.80 Å². The maximum atomic E-state index is 2.61. The molecule has 2 heteroatoms. The molecule has 0 saturated carbocycles. The van der Waals surface area contributed by atoms with Crippen molar-refractivity contribution in [2.24, 2.45) is 17.8 Å². The number of nitrogens with zero attached hydrogens (tertiary/aromatic N) is 2. The Balaban J connectivity index is 1.08. The SMILES string of the molecule is CC1C2=C(C=CC1N(c1ccccc1)c1ccccc1-c1ccccc1)[C@H]1C=CC=CC1C21c2ccccc2-c2c(N(c3ccccc3)c3cccc(-c4ccccc4)c3)cccc21. The van der Waals surface area contributed by atoms with Crippen LogP contribution in [0.25, 0.3) is 33.4 Å². The van der Waals surface area contributed by atoms with Gasteiger partial charge in [0.1, 0.15) is 0 Å². The minimum atomic E-state index is -0.402. The molecule has 0 N–H and O–H groups in total. The van der Waals surface area contributed by atoms with Gasteiger partial charge in [-0.2, -0.15) is 0 Å². The zero-order valence-electron chi connectivity index (χ0n) is 35.9. The van der Waals surface area contributed by atoms with Gasteiger partial charge in [0.15, 0.2) is 0 Å². The standard InChI is InChI=1S/C62H48N2/c1-43-57(64(48-29-12-5-13-30-48)58-38-19-16-32-50(58)45-24-8-3-9-25-45)41-40-52-51-33-14-17-35-54(51)62(61(43)52)55-36-18-15-34-53(55)60-56(62)37-21-39-59(60)63(47-27-10-4-11-28-47)49-31-20-26-46(42-49)44-22-6-2-7-23-44/h2-43,51,54,57H,1H3/t43?,51-,54?,57?,62?/m1/s1. The van der Waals surface area contributed by atoms with Gasteiger partial charge in [0.25, 0.3) is 0 Å². The lowest BCUT2D eigenvalue weighted by Crippen LogP contribution is -2.43. The van der Waals surface area contributed by atoms with Gasteiger partial charge in [0, 0.05) is 51.6 Å². The van der Waals surface area contributed by atoms with E-state index in [9.17, 15) is 0 Å². The lowest BCUT2D eigenvalue weighted by atomic mass is 9.61. The molecule has 0 amide bonds. The van der Waals surface area contributed by atoms with Crippen LogP contribution in [0.5, 0.6) is 0 Å². The molecule has 5 atom stereocenters. The number of anilines is 5. The van der Waals surface area contributed by atoms with E-state index in [0.717, 1.165) is 11.4 Å². The Morgan fingerprint density at radius 1 is 0.438 bits per heavy atom. The van der Waals surface area contributed by atoms with Crippen LogP contribution in [0.15, 0.2) is 260 Å². The molecule has 0 heterocycles. The Kier molecular flexibility index (Phi) is 9.26. The smallest absolute Gasteiger partial charge is 0.0588 e. The molecule has 12 rings (SSSR count). The number of fused-ring (bicyclic) bond motifs is 9. The second kappa shape index (κ2) is 15.6. The molecule has 306 valence electrons. The molecule has 4 unspecified atom stereocenters. The van der Waals surface area contributed by atoms with E-state index in [0.29, 0.717) is 0 Å². The minimum Gasteiger partial charge on any atom is -0.333 e. The first-order valence-electron chi connectivity index (χ1n) is 22.7. The van der Waals surface area contributed by atoms with E-state index in [2.05, 4.69) is 266 Å². The molecule has 0 aromatic heterocycles. The van der Waals surface area contributed by atoms with E-state index in [4.69, 9.17) is 0 Å². The van der Waals surface area contributed by atoms with Gasteiger partial charge in [-0.25, -0.2) is 0 Å². The second-order valence-corrected chi connectivity index (χ2v) is 17.6. The zero-order chi connectivity index (χ0) is 42.6. The number of allylic oxidation sites excluding steroid dienone is 6. The van der Waals surface area contributed by atoms with Gasteiger partial charge < -0.3 is 9.80 Å². The van der Waals surface area contributed by atoms with E-state index in [1.807, 2.05) is 0 Å². The average molecular weight is 821 g/mol. The molecule has 0 radical (unpaired) electrons. The van der Waals surface area contributed by atoms with Crippen LogP contribution in [-0.2, 0) is 5.41 Å². The number of benzene rings is 8. The summed E-state index contributed by atoms with van der Waals surface area (Å²) in [5.74, 6) is 0.600. The molecule has 64 heavy (non-hydrogen) atoms. The fraction of sp³-hybridized carbons (Fsp3) is 0.0968. The molecule has 0 bridgehead atoms. The van der Waals surface area contributed by atoms with E-state index in [-0.39, 0.29) is 23.8 Å². The van der Waals surface area contributed by atoms with Crippen LogP contribution in [0.3, 0.4) is 0 Å². The fourth-order valence-corrected chi connectivity index (χ4v) is 11.8. The van der Waals surface area contributed by atoms with Crippen LogP contribution >= 0.6 is 0 Å². The van der Waals surface area contributed by atoms with Gasteiger partial charge in [-0.3, -0.25) is 0 Å². The zero-order valence-corrected chi connectivity index (χ0v) is 35.9. The Labute approximate surface area is 377 Å². The lowest BCUT2D eigenvalue weighted by molar-refractivity contribution is 0.400. The van der Waals surface area contributed by atoms with Crippen LogP contribution in [-0.4, -0.2) is 6.04 Å². The topological polar surface area (TPSA) is 6.48 Å². The van der Waals surface area contributed by atoms with Gasteiger partial charge in [-0.1, -0.05) is 207 Å². The lowest BCUT2D eigenvalue weighted by Gasteiger charge is -2.45. The van der Waals surface area contributed by atoms with Gasteiger partial charge >= 0.3 is 0 Å². The molecule has 1 spiro atoms. The number of hydrogen-bond donors (Lipinski definition) is 0. The first-order chi connectivity index (χ1) is 31.7. The third-order valence-electron chi connectivity index (χ3n) is 14.3. The molecule has 0 fully saturated rings. The summed E-state index contributed by atoms with van der Waals surface area (Å²) in [6.45, 7) is 2.51. The van der Waals surface area contributed by atoms with Crippen molar-refractivity contribution in [2.45, 2.75) is 18.4 Å². The first kappa shape index (κ1) is 38.0. The Bertz CT molecular complexity index is 3140. The highest BCUT2D eigenvalue weighted by molar-refractivity contribution is 5.97. The Morgan fingerprint density at radius 2 is 1.00 bits per heavy atom. The minimum absolute atomic E-state index is 0.0388. The van der Waals surface area contributed by atoms with Gasteiger partial charge in [-0.05, 0) is 93.1 Å². The van der Waals surface area contributed by atoms with Gasteiger partial charge in [0.05, 0.1) is 17.1 Å². The van der Waals surface area contributed by atoms with E-state index < -0.39 is 5.41 Å². The second-order valence-electron chi connectivity index (χ2n) is 17.6. The summed E-state index contributed by atoms with van der Waals surface area (Å²) in [4.78, 5) is 5.10. The molecule has 0 aliphatic heterocycles. The van der Waals surface area contributed by atoms with Crippen molar-refractivity contribution in [1.29, 1.82) is 0 Å². The van der Waals surface area contributed by atoms with Crippen molar-refractivity contribution in [3.05, 3.63) is 271 Å². The van der Waals surface area contributed by atoms with Gasteiger partial charge in [0.2, 0.25) is 0 Å². The third kappa shape index (κ3) is 5.86. The van der Waals surface area contributed by atoms with Crippen molar-refractivity contribution in [3.63, 3.8) is 0 Å². The van der Waals surface area contributed by atoms with Gasteiger partial charge in [-0.15, -0.1) is 0 Å². The molecule has 8 aromatic carbocycles. The summed E-state index contributed by atoms with van der Waals surface area (Å²) in [7, 11) is 0. The molecule has 4 aliphatic carbocycles. The van der Waals surface area contributed by atoms with Crippen LogP contribution in [0.1, 0.15) is 18.1 Å². The molecular weight excluding hydrogens is 773 g/mol. The maximum absolute atomic E-state index is 2.61. The highest BCUT2D eigenvalue weighted by Gasteiger charge is 2.60. The van der Waals surface area contributed by atoms with Crippen LogP contribution in [0.4, 0.5) is 28.4 Å². The summed E-state index contributed by atoms with van der Waals surface area (Å²) in [6, 6.07) is 78.1. The molecular formula is C62H48N2. The summed E-state index contributed by atoms with van der Waals surface area (Å²) < 4.78 is 0. The average Bonchev–Trinajstić information content (AvgIpc) is 3.84. The maximum Gasteiger partial charge on any atom is 0.0588 e. The summed E-state index contributed by atoms with van der Waals surface area (Å²) in [5, 5.41) is 0. The van der Waals surface area contributed by atoms with Crippen LogP contribution < -0.4 is 9.80 Å².